The van der Waals surface area contributed by atoms with Crippen molar-refractivity contribution in [1.82, 2.24) is 8.01 Å². The van der Waals surface area contributed by atoms with Crippen LogP contribution in [0.25, 0.3) is 0 Å². The number of likely N-dealkylation sites (tertiary alicyclic amines) is 1. The van der Waals surface area contributed by atoms with Gasteiger partial charge in [-0.3, -0.25) is 4.79 Å². The molecule has 0 N–H and O–H groups in total. The van der Waals surface area contributed by atoms with Crippen molar-refractivity contribution in [2.75, 3.05) is 13.1 Å². The average molecular weight is 296 g/mol. The van der Waals surface area contributed by atoms with E-state index in [4.69, 9.17) is 0 Å². The van der Waals surface area contributed by atoms with E-state index in [1.807, 2.05) is 0 Å². The Morgan fingerprint density at radius 1 is 1.54 bits per heavy atom. The van der Waals surface area contributed by atoms with Gasteiger partial charge in [0, 0.05) is 36.0 Å². The molecule has 2 saturated heterocycles. The molecule has 2 aliphatic heterocycles. The maximum Gasteiger partial charge on any atom is 0.282 e. The minimum absolute atomic E-state index is 0.219. The standard InChI is InChI=1S/C8H10FIN2O/c1-5(9)8(13)11-4-7-6(11)2-3-12(7)10/h6-7H,1-4H2. The highest BCUT2D eigenvalue weighted by Gasteiger charge is 2.48. The van der Waals surface area contributed by atoms with E-state index in [0.29, 0.717) is 12.6 Å². The van der Waals surface area contributed by atoms with Gasteiger partial charge in [-0.1, -0.05) is 6.58 Å². The largest absolute Gasteiger partial charge is 0.330 e. The summed E-state index contributed by atoms with van der Waals surface area (Å²) in [6.45, 7) is 4.65. The Morgan fingerprint density at radius 2 is 2.23 bits per heavy atom. The summed E-state index contributed by atoms with van der Waals surface area (Å²) in [5, 5.41) is 0. The Balaban J connectivity index is 2.01. The number of hydrogen-bond acceptors (Lipinski definition) is 2. The van der Waals surface area contributed by atoms with E-state index in [1.165, 1.54) is 0 Å². The molecule has 0 aromatic carbocycles. The first-order valence-corrected chi connectivity index (χ1v) is 5.15. The van der Waals surface area contributed by atoms with Crippen molar-refractivity contribution in [1.29, 1.82) is 0 Å². The number of halogens is 2. The van der Waals surface area contributed by atoms with Crippen LogP contribution in [0.4, 0.5) is 4.39 Å². The summed E-state index contributed by atoms with van der Waals surface area (Å²) in [5.74, 6) is -1.38. The number of nitrogens with zero attached hydrogens (tertiary/aromatic N) is 2. The van der Waals surface area contributed by atoms with Gasteiger partial charge in [-0.15, -0.1) is 0 Å². The van der Waals surface area contributed by atoms with Gasteiger partial charge in [-0.2, -0.15) is 0 Å². The molecule has 3 nitrogen and oxygen atoms in total. The van der Waals surface area contributed by atoms with Crippen LogP contribution in [-0.4, -0.2) is 39.1 Å². The number of carbonyl (C=O) groups is 1. The summed E-state index contributed by atoms with van der Waals surface area (Å²) in [4.78, 5) is 12.8. The van der Waals surface area contributed by atoms with Gasteiger partial charge in [0.25, 0.3) is 5.91 Å². The fourth-order valence-corrected chi connectivity index (χ4v) is 2.79. The van der Waals surface area contributed by atoms with Crippen molar-refractivity contribution in [2.24, 2.45) is 0 Å². The molecule has 0 aliphatic carbocycles. The third kappa shape index (κ3) is 1.38. The predicted octanol–water partition coefficient (Wildman–Crippen LogP) is 1.10. The van der Waals surface area contributed by atoms with Crippen LogP contribution in [-0.2, 0) is 4.79 Å². The van der Waals surface area contributed by atoms with Crippen molar-refractivity contribution in [3.63, 3.8) is 0 Å². The Bertz CT molecular complexity index is 271. The molecule has 0 saturated carbocycles. The second kappa shape index (κ2) is 3.20. The van der Waals surface area contributed by atoms with Crippen LogP contribution < -0.4 is 0 Å². The summed E-state index contributed by atoms with van der Waals surface area (Å²) in [6.07, 6.45) is 0.951. The second-order valence-corrected chi connectivity index (χ2v) is 4.65. The minimum Gasteiger partial charge on any atom is -0.330 e. The minimum atomic E-state index is -0.842. The summed E-state index contributed by atoms with van der Waals surface area (Å²) in [7, 11) is 0. The Kier molecular flexibility index (Phi) is 2.31. The van der Waals surface area contributed by atoms with Crippen LogP contribution in [0, 0.1) is 0 Å². The van der Waals surface area contributed by atoms with Gasteiger partial charge in [-0.25, -0.2) is 7.50 Å². The molecular formula is C8H10FIN2O. The van der Waals surface area contributed by atoms with Crippen molar-refractivity contribution < 1.29 is 9.18 Å². The van der Waals surface area contributed by atoms with Crippen LogP contribution in [0.2, 0.25) is 0 Å². The van der Waals surface area contributed by atoms with Gasteiger partial charge < -0.3 is 4.90 Å². The molecule has 2 heterocycles. The zero-order valence-corrected chi connectivity index (χ0v) is 9.20. The molecular weight excluding hydrogens is 286 g/mol. The molecule has 13 heavy (non-hydrogen) atoms. The van der Waals surface area contributed by atoms with E-state index in [9.17, 15) is 9.18 Å². The topological polar surface area (TPSA) is 23.6 Å². The zero-order chi connectivity index (χ0) is 9.59. The van der Waals surface area contributed by atoms with E-state index in [-0.39, 0.29) is 6.04 Å². The van der Waals surface area contributed by atoms with E-state index in [2.05, 4.69) is 32.6 Å². The maximum absolute atomic E-state index is 12.5. The van der Waals surface area contributed by atoms with Crippen molar-refractivity contribution in [2.45, 2.75) is 18.5 Å². The fraction of sp³-hybridized carbons (Fsp3) is 0.625. The van der Waals surface area contributed by atoms with Crippen LogP contribution >= 0.6 is 22.9 Å². The first-order chi connectivity index (χ1) is 6.11. The lowest BCUT2D eigenvalue weighted by Crippen LogP contribution is -2.62. The third-order valence-electron chi connectivity index (χ3n) is 2.72. The summed E-state index contributed by atoms with van der Waals surface area (Å²) in [6, 6.07) is 0.654. The van der Waals surface area contributed by atoms with E-state index in [1.54, 1.807) is 4.90 Å². The molecule has 0 aromatic rings. The molecule has 72 valence electrons. The quantitative estimate of drug-likeness (QED) is 0.411. The van der Waals surface area contributed by atoms with E-state index < -0.39 is 11.7 Å². The lowest BCUT2D eigenvalue weighted by molar-refractivity contribution is -0.137. The first-order valence-electron chi connectivity index (χ1n) is 4.19. The maximum atomic E-state index is 12.5. The highest BCUT2D eigenvalue weighted by Crippen LogP contribution is 2.35. The molecule has 1 amide bonds. The van der Waals surface area contributed by atoms with Crippen LogP contribution in [0.3, 0.4) is 0 Å². The lowest BCUT2D eigenvalue weighted by atomic mass is 9.98. The molecule has 0 bridgehead atoms. The number of amides is 1. The number of fused-ring (bicyclic) bond motifs is 1. The van der Waals surface area contributed by atoms with Crippen LogP contribution in [0.5, 0.6) is 0 Å². The molecule has 2 fully saturated rings. The summed E-state index contributed by atoms with van der Waals surface area (Å²) >= 11 is 2.25. The van der Waals surface area contributed by atoms with Crippen LogP contribution in [0.1, 0.15) is 6.42 Å². The molecule has 2 unspecified atom stereocenters. The molecule has 0 aromatic heterocycles. The number of hydrogen-bond donors (Lipinski definition) is 0. The van der Waals surface area contributed by atoms with Crippen LogP contribution in [0.15, 0.2) is 12.4 Å². The van der Waals surface area contributed by atoms with Gasteiger partial charge in [0.1, 0.15) is 0 Å². The zero-order valence-electron chi connectivity index (χ0n) is 7.04. The van der Waals surface area contributed by atoms with Gasteiger partial charge >= 0.3 is 0 Å². The van der Waals surface area contributed by atoms with Gasteiger partial charge in [0.15, 0.2) is 5.83 Å². The molecule has 5 heteroatoms. The van der Waals surface area contributed by atoms with Crippen molar-refractivity contribution in [3.05, 3.63) is 12.4 Å². The van der Waals surface area contributed by atoms with Crippen molar-refractivity contribution >= 4 is 28.8 Å². The summed E-state index contributed by atoms with van der Waals surface area (Å²) < 4.78 is 14.7. The lowest BCUT2D eigenvalue weighted by Gasteiger charge is -2.45. The Labute approximate surface area is 90.1 Å². The number of rotatable bonds is 1. The molecule has 2 atom stereocenters. The second-order valence-electron chi connectivity index (χ2n) is 3.41. The van der Waals surface area contributed by atoms with E-state index in [0.717, 1.165) is 13.0 Å². The van der Waals surface area contributed by atoms with E-state index >= 15 is 0 Å². The average Bonchev–Trinajstić information content (AvgIpc) is 2.27. The smallest absolute Gasteiger partial charge is 0.282 e. The number of carbonyl (C=O) groups excluding carboxylic acids is 1. The Hall–Kier alpha value is -0.170. The van der Waals surface area contributed by atoms with Gasteiger partial charge in [0.2, 0.25) is 0 Å². The highest BCUT2D eigenvalue weighted by atomic mass is 127. The van der Waals surface area contributed by atoms with Gasteiger partial charge in [0.05, 0.1) is 12.1 Å². The first kappa shape index (κ1) is 9.39. The molecule has 2 aliphatic rings. The fourth-order valence-electron chi connectivity index (χ4n) is 1.96. The predicted molar refractivity (Wildman–Crippen MR) is 54.9 cm³/mol. The third-order valence-corrected chi connectivity index (χ3v) is 3.92. The monoisotopic (exact) mass is 296 g/mol. The highest BCUT2D eigenvalue weighted by molar-refractivity contribution is 14.1. The van der Waals surface area contributed by atoms with Crippen molar-refractivity contribution in [3.8, 4) is 0 Å². The molecule has 0 spiro atoms. The van der Waals surface area contributed by atoms with Gasteiger partial charge in [-0.05, 0) is 6.42 Å². The Morgan fingerprint density at radius 3 is 2.77 bits per heavy atom. The molecule has 0 radical (unpaired) electrons. The molecule has 2 rings (SSSR count). The SMILES string of the molecule is C=C(F)C(=O)N1CC2C1CCN2I. The normalized spacial score (nSPS) is 32.6. The summed E-state index contributed by atoms with van der Waals surface area (Å²) in [5.41, 5.74) is 0.